The Morgan fingerprint density at radius 2 is 2.00 bits per heavy atom. The predicted molar refractivity (Wildman–Crippen MR) is 62.9 cm³/mol. The largest absolute Gasteiger partial charge is 0.461 e. The average Bonchev–Trinajstić information content (AvgIpc) is 2.59. The highest BCUT2D eigenvalue weighted by molar-refractivity contribution is 5.77. The first-order valence-corrected chi connectivity index (χ1v) is 5.41. The van der Waals surface area contributed by atoms with E-state index >= 15 is 0 Å². The van der Waals surface area contributed by atoms with Crippen molar-refractivity contribution < 1.29 is 4.42 Å². The van der Waals surface area contributed by atoms with Crippen molar-refractivity contribution in [1.29, 1.82) is 0 Å². The molecule has 0 radical (unpaired) electrons. The topological polar surface area (TPSA) is 39.2 Å². The van der Waals surface area contributed by atoms with Gasteiger partial charge in [-0.1, -0.05) is 25.1 Å². The van der Waals surface area contributed by atoms with Gasteiger partial charge in [-0.2, -0.15) is 0 Å². The van der Waals surface area contributed by atoms with Gasteiger partial charge in [0.1, 0.15) is 11.3 Å². The number of para-hydroxylation sites is 1. The standard InChI is InChI=1S/C13H17NO/c1-9(7-10(2)14)13-8-11-5-3-4-6-12(11)15-13/h3-6,8-10H,7,14H2,1-2H3. The van der Waals surface area contributed by atoms with Crippen LogP contribution in [0.4, 0.5) is 0 Å². The van der Waals surface area contributed by atoms with Crippen LogP contribution in [0.2, 0.25) is 0 Å². The lowest BCUT2D eigenvalue weighted by Gasteiger charge is -2.10. The summed E-state index contributed by atoms with van der Waals surface area (Å²) in [5, 5.41) is 1.17. The van der Waals surface area contributed by atoms with Crippen molar-refractivity contribution >= 4 is 11.0 Å². The van der Waals surface area contributed by atoms with E-state index in [4.69, 9.17) is 10.2 Å². The molecular formula is C13H17NO. The number of nitrogens with two attached hydrogens (primary N) is 1. The van der Waals surface area contributed by atoms with Gasteiger partial charge in [0.15, 0.2) is 0 Å². The minimum atomic E-state index is 0.216. The van der Waals surface area contributed by atoms with Gasteiger partial charge >= 0.3 is 0 Å². The SMILES string of the molecule is CC(N)CC(C)c1cc2ccccc2o1. The third kappa shape index (κ3) is 2.21. The molecule has 0 bridgehead atoms. The summed E-state index contributed by atoms with van der Waals surface area (Å²) >= 11 is 0. The highest BCUT2D eigenvalue weighted by atomic mass is 16.3. The lowest BCUT2D eigenvalue weighted by atomic mass is 10.0. The highest BCUT2D eigenvalue weighted by Crippen LogP contribution is 2.27. The molecule has 0 spiro atoms. The molecule has 0 saturated heterocycles. The third-order valence-electron chi connectivity index (χ3n) is 2.66. The maximum Gasteiger partial charge on any atom is 0.134 e. The maximum absolute atomic E-state index is 5.78. The number of fused-ring (bicyclic) bond motifs is 1. The smallest absolute Gasteiger partial charge is 0.134 e. The van der Waals surface area contributed by atoms with Crippen LogP contribution in [-0.4, -0.2) is 6.04 Å². The van der Waals surface area contributed by atoms with E-state index in [9.17, 15) is 0 Å². The second-order valence-electron chi connectivity index (χ2n) is 4.30. The molecule has 2 atom stereocenters. The van der Waals surface area contributed by atoms with Crippen LogP contribution in [-0.2, 0) is 0 Å². The Labute approximate surface area is 90.1 Å². The predicted octanol–water partition coefficient (Wildman–Crippen LogP) is 3.27. The summed E-state index contributed by atoms with van der Waals surface area (Å²) in [7, 11) is 0. The summed E-state index contributed by atoms with van der Waals surface area (Å²) in [5.74, 6) is 1.42. The molecule has 1 aromatic heterocycles. The molecule has 2 heteroatoms. The van der Waals surface area contributed by atoms with Gasteiger partial charge in [0.05, 0.1) is 0 Å². The van der Waals surface area contributed by atoms with Crippen molar-refractivity contribution in [2.75, 3.05) is 0 Å². The maximum atomic E-state index is 5.78. The molecule has 1 heterocycles. The van der Waals surface area contributed by atoms with Gasteiger partial charge in [-0.05, 0) is 25.5 Å². The second-order valence-corrected chi connectivity index (χ2v) is 4.30. The van der Waals surface area contributed by atoms with Crippen molar-refractivity contribution in [1.82, 2.24) is 0 Å². The normalized spacial score (nSPS) is 15.4. The number of hydrogen-bond donors (Lipinski definition) is 1. The third-order valence-corrected chi connectivity index (χ3v) is 2.66. The molecule has 0 fully saturated rings. The van der Waals surface area contributed by atoms with Gasteiger partial charge in [0.2, 0.25) is 0 Å². The Bertz CT molecular complexity index is 411. The summed E-state index contributed by atoms with van der Waals surface area (Å²) in [6.07, 6.45) is 0.958. The summed E-state index contributed by atoms with van der Waals surface area (Å²) in [6, 6.07) is 10.4. The Hall–Kier alpha value is -1.28. The van der Waals surface area contributed by atoms with Gasteiger partial charge in [-0.15, -0.1) is 0 Å². The monoisotopic (exact) mass is 203 g/mol. The number of rotatable bonds is 3. The number of hydrogen-bond acceptors (Lipinski definition) is 2. The molecule has 1 aromatic carbocycles. The lowest BCUT2D eigenvalue weighted by molar-refractivity contribution is 0.468. The van der Waals surface area contributed by atoms with Crippen LogP contribution >= 0.6 is 0 Å². The molecule has 0 amide bonds. The van der Waals surface area contributed by atoms with E-state index in [0.717, 1.165) is 17.8 Å². The molecule has 0 saturated carbocycles. The Balaban J connectivity index is 2.28. The minimum Gasteiger partial charge on any atom is -0.461 e. The average molecular weight is 203 g/mol. The van der Waals surface area contributed by atoms with Crippen LogP contribution in [0.5, 0.6) is 0 Å². The van der Waals surface area contributed by atoms with E-state index in [1.807, 2.05) is 25.1 Å². The second kappa shape index (κ2) is 4.07. The van der Waals surface area contributed by atoms with Gasteiger partial charge in [-0.3, -0.25) is 0 Å². The van der Waals surface area contributed by atoms with Crippen molar-refractivity contribution in [3.8, 4) is 0 Å². The first-order valence-electron chi connectivity index (χ1n) is 5.41. The summed E-state index contributed by atoms with van der Waals surface area (Å²) in [4.78, 5) is 0. The molecule has 15 heavy (non-hydrogen) atoms. The molecule has 2 N–H and O–H groups in total. The van der Waals surface area contributed by atoms with Crippen LogP contribution in [0.1, 0.15) is 31.9 Å². The van der Waals surface area contributed by atoms with E-state index in [0.29, 0.717) is 5.92 Å². The quantitative estimate of drug-likeness (QED) is 0.831. The van der Waals surface area contributed by atoms with Crippen LogP contribution in [0, 0.1) is 0 Å². The highest BCUT2D eigenvalue weighted by Gasteiger charge is 2.12. The molecular weight excluding hydrogens is 186 g/mol. The molecule has 2 rings (SSSR count). The lowest BCUT2D eigenvalue weighted by Crippen LogP contribution is -2.17. The first kappa shape index (κ1) is 10.2. The molecule has 0 aliphatic rings. The van der Waals surface area contributed by atoms with E-state index in [1.54, 1.807) is 0 Å². The zero-order valence-electron chi connectivity index (χ0n) is 9.23. The van der Waals surface area contributed by atoms with Crippen molar-refractivity contribution in [2.45, 2.75) is 32.2 Å². The van der Waals surface area contributed by atoms with E-state index in [2.05, 4.69) is 19.1 Å². The number of benzene rings is 1. The van der Waals surface area contributed by atoms with Crippen LogP contribution in [0.15, 0.2) is 34.7 Å². The summed E-state index contributed by atoms with van der Waals surface area (Å²) in [6.45, 7) is 4.18. The number of furan rings is 1. The van der Waals surface area contributed by atoms with E-state index in [-0.39, 0.29) is 6.04 Å². The zero-order valence-corrected chi connectivity index (χ0v) is 9.23. The van der Waals surface area contributed by atoms with E-state index < -0.39 is 0 Å². The molecule has 0 aliphatic heterocycles. The first-order chi connectivity index (χ1) is 7.16. The van der Waals surface area contributed by atoms with Crippen LogP contribution in [0.25, 0.3) is 11.0 Å². The van der Waals surface area contributed by atoms with Crippen molar-refractivity contribution in [3.05, 3.63) is 36.1 Å². The molecule has 80 valence electrons. The zero-order chi connectivity index (χ0) is 10.8. The van der Waals surface area contributed by atoms with Gasteiger partial charge in [0.25, 0.3) is 0 Å². The van der Waals surface area contributed by atoms with Gasteiger partial charge in [0, 0.05) is 17.3 Å². The van der Waals surface area contributed by atoms with Crippen LogP contribution < -0.4 is 5.73 Å². The molecule has 2 aromatic rings. The van der Waals surface area contributed by atoms with Crippen LogP contribution in [0.3, 0.4) is 0 Å². The summed E-state index contributed by atoms with van der Waals surface area (Å²) in [5.41, 5.74) is 6.75. The fraction of sp³-hybridized carbons (Fsp3) is 0.385. The molecule has 2 nitrogen and oxygen atoms in total. The van der Waals surface area contributed by atoms with Crippen molar-refractivity contribution in [2.24, 2.45) is 5.73 Å². The summed E-state index contributed by atoms with van der Waals surface area (Å²) < 4.78 is 5.78. The Morgan fingerprint density at radius 3 is 2.67 bits per heavy atom. The van der Waals surface area contributed by atoms with Crippen molar-refractivity contribution in [3.63, 3.8) is 0 Å². The van der Waals surface area contributed by atoms with Gasteiger partial charge < -0.3 is 10.2 Å². The molecule has 0 aliphatic carbocycles. The van der Waals surface area contributed by atoms with E-state index in [1.165, 1.54) is 5.39 Å². The van der Waals surface area contributed by atoms with Gasteiger partial charge in [-0.25, -0.2) is 0 Å². The Morgan fingerprint density at radius 1 is 1.27 bits per heavy atom. The molecule has 2 unspecified atom stereocenters. The fourth-order valence-electron chi connectivity index (χ4n) is 1.92. The Kier molecular flexibility index (Phi) is 2.78. The minimum absolute atomic E-state index is 0.216. The fourth-order valence-corrected chi connectivity index (χ4v) is 1.92.